The SMILES string of the molecule is Cc1cc(NC(=O)NCC(C)(O)c2ccccc2)ccn1. The summed E-state index contributed by atoms with van der Waals surface area (Å²) in [7, 11) is 0. The molecule has 3 N–H and O–H groups in total. The Morgan fingerprint density at radius 3 is 2.67 bits per heavy atom. The van der Waals surface area contributed by atoms with Crippen LogP contribution in [-0.4, -0.2) is 22.7 Å². The maximum absolute atomic E-state index is 11.8. The number of benzene rings is 1. The molecule has 1 heterocycles. The number of carbonyl (C=O) groups excluding carboxylic acids is 1. The van der Waals surface area contributed by atoms with Gasteiger partial charge in [0.25, 0.3) is 0 Å². The average molecular weight is 285 g/mol. The minimum Gasteiger partial charge on any atom is -0.384 e. The van der Waals surface area contributed by atoms with Crippen LogP contribution in [0, 0.1) is 6.92 Å². The van der Waals surface area contributed by atoms with E-state index in [2.05, 4.69) is 15.6 Å². The van der Waals surface area contributed by atoms with E-state index >= 15 is 0 Å². The average Bonchev–Trinajstić information content (AvgIpc) is 2.46. The van der Waals surface area contributed by atoms with Crippen LogP contribution in [0.2, 0.25) is 0 Å². The summed E-state index contributed by atoms with van der Waals surface area (Å²) in [5.41, 5.74) is 1.13. The molecule has 5 nitrogen and oxygen atoms in total. The van der Waals surface area contributed by atoms with Gasteiger partial charge in [0.1, 0.15) is 5.60 Å². The van der Waals surface area contributed by atoms with Gasteiger partial charge in [-0.1, -0.05) is 30.3 Å². The predicted molar refractivity (Wildman–Crippen MR) is 82.0 cm³/mol. The van der Waals surface area contributed by atoms with Gasteiger partial charge in [0.15, 0.2) is 0 Å². The standard InChI is InChI=1S/C16H19N3O2/c1-12-10-14(8-9-17-12)19-15(20)18-11-16(2,21)13-6-4-3-5-7-13/h3-10,21H,11H2,1-2H3,(H2,17,18,19,20). The molecule has 2 aromatic rings. The number of anilines is 1. The molecule has 110 valence electrons. The Bertz CT molecular complexity index is 612. The van der Waals surface area contributed by atoms with Crippen molar-refractivity contribution in [2.45, 2.75) is 19.4 Å². The molecule has 5 heteroatoms. The first-order valence-corrected chi connectivity index (χ1v) is 6.73. The van der Waals surface area contributed by atoms with Crippen LogP contribution < -0.4 is 10.6 Å². The van der Waals surface area contributed by atoms with E-state index in [-0.39, 0.29) is 12.6 Å². The van der Waals surface area contributed by atoms with Gasteiger partial charge in [-0.15, -0.1) is 0 Å². The third-order valence-electron chi connectivity index (χ3n) is 3.14. The summed E-state index contributed by atoms with van der Waals surface area (Å²) in [5.74, 6) is 0. The van der Waals surface area contributed by atoms with Gasteiger partial charge in [-0.25, -0.2) is 4.79 Å². The van der Waals surface area contributed by atoms with E-state index in [4.69, 9.17) is 0 Å². The zero-order valence-electron chi connectivity index (χ0n) is 12.1. The zero-order valence-corrected chi connectivity index (χ0v) is 12.1. The van der Waals surface area contributed by atoms with Gasteiger partial charge in [-0.05, 0) is 31.5 Å². The molecule has 0 saturated carbocycles. The maximum atomic E-state index is 11.8. The number of hydrogen-bond acceptors (Lipinski definition) is 3. The lowest BCUT2D eigenvalue weighted by Crippen LogP contribution is -2.40. The number of aromatic nitrogens is 1. The minimum atomic E-state index is -1.12. The molecule has 0 saturated heterocycles. The van der Waals surface area contributed by atoms with E-state index in [1.807, 2.05) is 37.3 Å². The van der Waals surface area contributed by atoms with E-state index in [9.17, 15) is 9.90 Å². The smallest absolute Gasteiger partial charge is 0.319 e. The number of amides is 2. The number of hydrogen-bond donors (Lipinski definition) is 3. The first kappa shape index (κ1) is 15.0. The topological polar surface area (TPSA) is 74.2 Å². The van der Waals surface area contributed by atoms with Crippen molar-refractivity contribution in [3.05, 3.63) is 59.9 Å². The van der Waals surface area contributed by atoms with Gasteiger partial charge in [0.2, 0.25) is 0 Å². The molecule has 2 rings (SSSR count). The minimum absolute atomic E-state index is 0.118. The molecule has 21 heavy (non-hydrogen) atoms. The fourth-order valence-electron chi connectivity index (χ4n) is 1.95. The fraction of sp³-hybridized carbons (Fsp3) is 0.250. The van der Waals surface area contributed by atoms with Gasteiger partial charge < -0.3 is 15.7 Å². The number of aliphatic hydroxyl groups is 1. The van der Waals surface area contributed by atoms with Gasteiger partial charge in [0, 0.05) is 17.6 Å². The summed E-state index contributed by atoms with van der Waals surface area (Å²) < 4.78 is 0. The van der Waals surface area contributed by atoms with Crippen LogP contribution in [-0.2, 0) is 5.60 Å². The normalized spacial score (nSPS) is 13.3. The molecule has 2 amide bonds. The number of rotatable bonds is 4. The highest BCUT2D eigenvalue weighted by molar-refractivity contribution is 5.89. The molecule has 0 radical (unpaired) electrons. The highest BCUT2D eigenvalue weighted by Crippen LogP contribution is 2.18. The van der Waals surface area contributed by atoms with Gasteiger partial charge in [-0.3, -0.25) is 4.98 Å². The second-order valence-corrected chi connectivity index (χ2v) is 5.13. The zero-order chi connectivity index (χ0) is 15.3. The number of carbonyl (C=O) groups is 1. The third kappa shape index (κ3) is 4.29. The Morgan fingerprint density at radius 1 is 1.29 bits per heavy atom. The van der Waals surface area contributed by atoms with Crippen molar-refractivity contribution in [3.63, 3.8) is 0 Å². The van der Waals surface area contributed by atoms with Crippen molar-refractivity contribution in [2.75, 3.05) is 11.9 Å². The number of urea groups is 1. The number of aryl methyl sites for hydroxylation is 1. The summed E-state index contributed by atoms with van der Waals surface area (Å²) in [5, 5.41) is 15.8. The monoisotopic (exact) mass is 285 g/mol. The molecule has 0 fully saturated rings. The summed E-state index contributed by atoms with van der Waals surface area (Å²) in [6, 6.07) is 12.4. The Balaban J connectivity index is 1.92. The van der Waals surface area contributed by atoms with Crippen LogP contribution in [0.5, 0.6) is 0 Å². The van der Waals surface area contributed by atoms with Crippen molar-refractivity contribution in [2.24, 2.45) is 0 Å². The maximum Gasteiger partial charge on any atom is 0.319 e. The lowest BCUT2D eigenvalue weighted by Gasteiger charge is -2.24. The van der Waals surface area contributed by atoms with E-state index in [1.54, 1.807) is 25.3 Å². The molecule has 1 aromatic carbocycles. The molecule has 0 spiro atoms. The molecule has 0 aliphatic carbocycles. The van der Waals surface area contributed by atoms with Crippen molar-refractivity contribution < 1.29 is 9.90 Å². The van der Waals surface area contributed by atoms with Crippen LogP contribution in [0.4, 0.5) is 10.5 Å². The van der Waals surface area contributed by atoms with Crippen LogP contribution >= 0.6 is 0 Å². The Kier molecular flexibility index (Phi) is 4.55. The fourth-order valence-corrected chi connectivity index (χ4v) is 1.95. The van der Waals surface area contributed by atoms with Gasteiger partial charge in [0.05, 0.1) is 6.54 Å². The predicted octanol–water partition coefficient (Wildman–Crippen LogP) is 2.42. The molecule has 1 atom stereocenters. The van der Waals surface area contributed by atoms with Gasteiger partial charge >= 0.3 is 6.03 Å². The first-order valence-electron chi connectivity index (χ1n) is 6.73. The second-order valence-electron chi connectivity index (χ2n) is 5.13. The molecule has 0 aliphatic rings. The van der Waals surface area contributed by atoms with E-state index < -0.39 is 5.60 Å². The highest BCUT2D eigenvalue weighted by Gasteiger charge is 2.23. The number of nitrogens with zero attached hydrogens (tertiary/aromatic N) is 1. The largest absolute Gasteiger partial charge is 0.384 e. The molecular formula is C16H19N3O2. The van der Waals surface area contributed by atoms with Crippen LogP contribution in [0.25, 0.3) is 0 Å². The van der Waals surface area contributed by atoms with E-state index in [1.165, 1.54) is 0 Å². The molecule has 0 bridgehead atoms. The van der Waals surface area contributed by atoms with Crippen molar-refractivity contribution >= 4 is 11.7 Å². The summed E-state index contributed by atoms with van der Waals surface area (Å²) in [6.07, 6.45) is 1.63. The Morgan fingerprint density at radius 2 is 2.00 bits per heavy atom. The van der Waals surface area contributed by atoms with Crippen molar-refractivity contribution in [1.29, 1.82) is 0 Å². The second kappa shape index (κ2) is 6.37. The quantitative estimate of drug-likeness (QED) is 0.807. The molecule has 0 aliphatic heterocycles. The Labute approximate surface area is 124 Å². The van der Waals surface area contributed by atoms with E-state index in [0.717, 1.165) is 11.3 Å². The number of pyridine rings is 1. The van der Waals surface area contributed by atoms with Crippen LogP contribution in [0.1, 0.15) is 18.2 Å². The molecule has 1 aromatic heterocycles. The Hall–Kier alpha value is -2.40. The van der Waals surface area contributed by atoms with Crippen LogP contribution in [0.3, 0.4) is 0 Å². The van der Waals surface area contributed by atoms with Crippen molar-refractivity contribution in [3.8, 4) is 0 Å². The highest BCUT2D eigenvalue weighted by atomic mass is 16.3. The lowest BCUT2D eigenvalue weighted by atomic mass is 9.96. The summed E-state index contributed by atoms with van der Waals surface area (Å²) >= 11 is 0. The molecule has 1 unspecified atom stereocenters. The number of nitrogens with one attached hydrogen (secondary N) is 2. The summed E-state index contributed by atoms with van der Waals surface area (Å²) in [4.78, 5) is 15.9. The first-order chi connectivity index (χ1) is 9.97. The van der Waals surface area contributed by atoms with Crippen molar-refractivity contribution in [1.82, 2.24) is 10.3 Å². The van der Waals surface area contributed by atoms with E-state index in [0.29, 0.717) is 5.69 Å². The van der Waals surface area contributed by atoms with Gasteiger partial charge in [-0.2, -0.15) is 0 Å². The third-order valence-corrected chi connectivity index (χ3v) is 3.14. The summed E-state index contributed by atoms with van der Waals surface area (Å²) in [6.45, 7) is 3.63. The van der Waals surface area contributed by atoms with Crippen LogP contribution in [0.15, 0.2) is 48.7 Å². The molecular weight excluding hydrogens is 266 g/mol. The lowest BCUT2D eigenvalue weighted by molar-refractivity contribution is 0.0599.